The summed E-state index contributed by atoms with van der Waals surface area (Å²) in [5.74, 6) is 0.752. The summed E-state index contributed by atoms with van der Waals surface area (Å²) in [4.78, 5) is 11.6. The summed E-state index contributed by atoms with van der Waals surface area (Å²) in [6.45, 7) is 4.13. The fourth-order valence-electron chi connectivity index (χ4n) is 2.28. The van der Waals surface area contributed by atoms with Crippen LogP contribution in [0, 0.1) is 0 Å². The van der Waals surface area contributed by atoms with Gasteiger partial charge in [-0.2, -0.15) is 0 Å². The van der Waals surface area contributed by atoms with Crippen LogP contribution in [0.2, 0.25) is 0 Å². The van der Waals surface area contributed by atoms with E-state index in [0.29, 0.717) is 17.9 Å². The van der Waals surface area contributed by atoms with E-state index >= 15 is 0 Å². The van der Waals surface area contributed by atoms with Crippen LogP contribution in [0.15, 0.2) is 42.5 Å². The number of benzene rings is 2. The molecule has 2 N–H and O–H groups in total. The van der Waals surface area contributed by atoms with E-state index in [0.717, 1.165) is 29.7 Å². The van der Waals surface area contributed by atoms with Gasteiger partial charge in [-0.05, 0) is 30.5 Å². The van der Waals surface area contributed by atoms with Crippen molar-refractivity contribution in [3.05, 3.63) is 59.2 Å². The summed E-state index contributed by atoms with van der Waals surface area (Å²) in [5, 5.41) is 0. The van der Waals surface area contributed by atoms with E-state index in [1.54, 1.807) is 6.07 Å². The molecule has 0 spiro atoms. The standard InChI is InChI=1S/C18H21NO2/c1-3-7-15-10-16(13(2)20)17(19)11-18(15)21-12-14-8-5-4-6-9-14/h4-6,8-11H,3,7,12,19H2,1-2H3. The molecule has 2 aromatic carbocycles. The molecule has 3 heteroatoms. The maximum absolute atomic E-state index is 11.6. The van der Waals surface area contributed by atoms with Crippen molar-refractivity contribution in [2.75, 3.05) is 5.73 Å². The quantitative estimate of drug-likeness (QED) is 0.644. The van der Waals surface area contributed by atoms with Gasteiger partial charge in [0.15, 0.2) is 5.78 Å². The smallest absolute Gasteiger partial charge is 0.161 e. The Morgan fingerprint density at radius 3 is 2.52 bits per heavy atom. The minimum Gasteiger partial charge on any atom is -0.489 e. The molecule has 0 aromatic heterocycles. The third-order valence-electron chi connectivity index (χ3n) is 3.37. The van der Waals surface area contributed by atoms with Gasteiger partial charge >= 0.3 is 0 Å². The number of Topliss-reactive ketones (excluding diaryl/α,β-unsaturated/α-hetero) is 1. The van der Waals surface area contributed by atoms with Crippen LogP contribution in [0.4, 0.5) is 5.69 Å². The normalized spacial score (nSPS) is 10.4. The molecule has 0 aliphatic heterocycles. The van der Waals surface area contributed by atoms with Crippen molar-refractivity contribution in [2.45, 2.75) is 33.3 Å². The van der Waals surface area contributed by atoms with Crippen molar-refractivity contribution >= 4 is 11.5 Å². The summed E-state index contributed by atoms with van der Waals surface area (Å²) in [6.07, 6.45) is 1.85. The fraction of sp³-hybridized carbons (Fsp3) is 0.278. The highest BCUT2D eigenvalue weighted by atomic mass is 16.5. The second-order valence-electron chi connectivity index (χ2n) is 5.13. The Labute approximate surface area is 125 Å². The topological polar surface area (TPSA) is 52.3 Å². The van der Waals surface area contributed by atoms with Gasteiger partial charge in [0, 0.05) is 17.3 Å². The minimum absolute atomic E-state index is 0.0144. The predicted octanol–water partition coefficient (Wildman–Crippen LogP) is 4.00. The third kappa shape index (κ3) is 3.85. The number of hydrogen-bond donors (Lipinski definition) is 1. The van der Waals surface area contributed by atoms with Crippen LogP contribution in [0.5, 0.6) is 5.75 Å². The molecule has 0 atom stereocenters. The summed E-state index contributed by atoms with van der Waals surface area (Å²) in [6, 6.07) is 13.6. The summed E-state index contributed by atoms with van der Waals surface area (Å²) >= 11 is 0. The van der Waals surface area contributed by atoms with Gasteiger partial charge in [-0.1, -0.05) is 43.7 Å². The number of nitrogens with two attached hydrogens (primary N) is 1. The number of aryl methyl sites for hydroxylation is 1. The van der Waals surface area contributed by atoms with Crippen LogP contribution in [0.25, 0.3) is 0 Å². The lowest BCUT2D eigenvalue weighted by molar-refractivity contribution is 0.101. The highest BCUT2D eigenvalue weighted by molar-refractivity contribution is 5.99. The average Bonchev–Trinajstić information content (AvgIpc) is 2.48. The Morgan fingerprint density at radius 1 is 1.19 bits per heavy atom. The summed E-state index contributed by atoms with van der Waals surface area (Å²) in [7, 11) is 0. The van der Waals surface area contributed by atoms with E-state index in [1.165, 1.54) is 6.92 Å². The largest absolute Gasteiger partial charge is 0.489 e. The number of carbonyl (C=O) groups is 1. The summed E-state index contributed by atoms with van der Waals surface area (Å²) in [5.41, 5.74) is 9.15. The SMILES string of the molecule is CCCc1cc(C(C)=O)c(N)cc1OCc1ccccc1. The Bertz CT molecular complexity index is 621. The van der Waals surface area contributed by atoms with E-state index in [1.807, 2.05) is 36.4 Å². The lowest BCUT2D eigenvalue weighted by atomic mass is 10.0. The first-order valence-corrected chi connectivity index (χ1v) is 7.22. The Morgan fingerprint density at radius 2 is 1.90 bits per heavy atom. The van der Waals surface area contributed by atoms with E-state index in [2.05, 4.69) is 6.92 Å². The van der Waals surface area contributed by atoms with Gasteiger partial charge in [0.2, 0.25) is 0 Å². The number of hydrogen-bond acceptors (Lipinski definition) is 3. The average molecular weight is 283 g/mol. The van der Waals surface area contributed by atoms with E-state index in [4.69, 9.17) is 10.5 Å². The molecular weight excluding hydrogens is 262 g/mol. The van der Waals surface area contributed by atoms with Crippen molar-refractivity contribution in [3.63, 3.8) is 0 Å². The molecule has 0 aliphatic rings. The van der Waals surface area contributed by atoms with Crippen LogP contribution in [0.1, 0.15) is 41.8 Å². The van der Waals surface area contributed by atoms with Crippen LogP contribution in [-0.4, -0.2) is 5.78 Å². The zero-order valence-corrected chi connectivity index (χ0v) is 12.6. The Hall–Kier alpha value is -2.29. The minimum atomic E-state index is -0.0144. The molecule has 0 fully saturated rings. The maximum atomic E-state index is 11.6. The second kappa shape index (κ2) is 6.93. The van der Waals surface area contributed by atoms with Crippen molar-refractivity contribution in [3.8, 4) is 5.75 Å². The van der Waals surface area contributed by atoms with Gasteiger partial charge in [0.05, 0.1) is 0 Å². The van der Waals surface area contributed by atoms with Crippen molar-refractivity contribution in [2.24, 2.45) is 0 Å². The molecule has 21 heavy (non-hydrogen) atoms. The van der Waals surface area contributed by atoms with Gasteiger partial charge in [-0.15, -0.1) is 0 Å². The first-order valence-electron chi connectivity index (χ1n) is 7.22. The van der Waals surface area contributed by atoms with Crippen LogP contribution in [-0.2, 0) is 13.0 Å². The number of carbonyl (C=O) groups excluding carboxylic acids is 1. The monoisotopic (exact) mass is 283 g/mol. The fourth-order valence-corrected chi connectivity index (χ4v) is 2.28. The van der Waals surface area contributed by atoms with Gasteiger partial charge in [-0.25, -0.2) is 0 Å². The van der Waals surface area contributed by atoms with Crippen molar-refractivity contribution < 1.29 is 9.53 Å². The molecule has 0 saturated carbocycles. The van der Waals surface area contributed by atoms with Crippen LogP contribution < -0.4 is 10.5 Å². The molecule has 0 amide bonds. The third-order valence-corrected chi connectivity index (χ3v) is 3.37. The van der Waals surface area contributed by atoms with Crippen molar-refractivity contribution in [1.29, 1.82) is 0 Å². The molecular formula is C18H21NO2. The molecule has 110 valence electrons. The molecule has 0 bridgehead atoms. The molecule has 0 heterocycles. The number of rotatable bonds is 6. The highest BCUT2D eigenvalue weighted by Gasteiger charge is 2.12. The van der Waals surface area contributed by atoms with E-state index < -0.39 is 0 Å². The first-order chi connectivity index (χ1) is 10.1. The first kappa shape index (κ1) is 15.1. The molecule has 2 aromatic rings. The predicted molar refractivity (Wildman–Crippen MR) is 85.6 cm³/mol. The van der Waals surface area contributed by atoms with Gasteiger partial charge in [0.1, 0.15) is 12.4 Å². The highest BCUT2D eigenvalue weighted by Crippen LogP contribution is 2.28. The van der Waals surface area contributed by atoms with Gasteiger partial charge in [0.25, 0.3) is 0 Å². The number of ether oxygens (including phenoxy) is 1. The zero-order chi connectivity index (χ0) is 15.2. The maximum Gasteiger partial charge on any atom is 0.161 e. The second-order valence-corrected chi connectivity index (χ2v) is 5.13. The zero-order valence-electron chi connectivity index (χ0n) is 12.6. The lowest BCUT2D eigenvalue weighted by Crippen LogP contribution is -2.05. The number of nitrogen functional groups attached to an aromatic ring is 1. The van der Waals surface area contributed by atoms with Crippen LogP contribution in [0.3, 0.4) is 0 Å². The lowest BCUT2D eigenvalue weighted by Gasteiger charge is -2.14. The number of anilines is 1. The molecule has 3 nitrogen and oxygen atoms in total. The molecule has 0 radical (unpaired) electrons. The van der Waals surface area contributed by atoms with Crippen molar-refractivity contribution in [1.82, 2.24) is 0 Å². The van der Waals surface area contributed by atoms with Gasteiger partial charge in [-0.3, -0.25) is 4.79 Å². The van der Waals surface area contributed by atoms with Gasteiger partial charge < -0.3 is 10.5 Å². The molecule has 0 unspecified atom stereocenters. The number of ketones is 1. The Balaban J connectivity index is 2.25. The summed E-state index contributed by atoms with van der Waals surface area (Å²) < 4.78 is 5.90. The van der Waals surface area contributed by atoms with E-state index in [9.17, 15) is 4.79 Å². The molecule has 2 rings (SSSR count). The van der Waals surface area contributed by atoms with E-state index in [-0.39, 0.29) is 5.78 Å². The van der Waals surface area contributed by atoms with Crippen LogP contribution >= 0.6 is 0 Å². The Kier molecular flexibility index (Phi) is 4.99. The molecule has 0 saturated heterocycles. The molecule has 0 aliphatic carbocycles.